The number of hydrogen-bond acceptors (Lipinski definition) is 4. The van der Waals surface area contributed by atoms with Crippen molar-refractivity contribution in [3.8, 4) is 0 Å². The molecule has 1 saturated heterocycles. The van der Waals surface area contributed by atoms with Crippen LogP contribution in [0.3, 0.4) is 0 Å². The highest BCUT2D eigenvalue weighted by atomic mass is 19.1. The lowest BCUT2D eigenvalue weighted by Gasteiger charge is -2.08. The number of nitrogens with zero attached hydrogens (tertiary/aromatic N) is 2. The van der Waals surface area contributed by atoms with Crippen molar-refractivity contribution < 1.29 is 19.0 Å². The topological polar surface area (TPSA) is 56.5 Å². The summed E-state index contributed by atoms with van der Waals surface area (Å²) >= 11 is 0. The number of methoxy groups -OCH3 is 1. The normalized spacial score (nSPS) is 20.6. The van der Waals surface area contributed by atoms with Crippen LogP contribution in [0.1, 0.15) is 18.4 Å². The maximum Gasteiger partial charge on any atom is 0.200 e. The molecule has 2 atom stereocenters. The van der Waals surface area contributed by atoms with Gasteiger partial charge in [0, 0.05) is 31.6 Å². The summed E-state index contributed by atoms with van der Waals surface area (Å²) < 4.78 is 25.5. The van der Waals surface area contributed by atoms with Crippen molar-refractivity contribution in [2.45, 2.75) is 19.3 Å². The van der Waals surface area contributed by atoms with Gasteiger partial charge in [0.05, 0.1) is 12.1 Å². The Morgan fingerprint density at radius 2 is 2.45 bits per heavy atom. The SMILES string of the molecule is COC(O)c1nn(CC2CCOC2)c2cc(F)ccc12. The summed E-state index contributed by atoms with van der Waals surface area (Å²) in [5, 5.41) is 14.9. The van der Waals surface area contributed by atoms with E-state index in [0.717, 1.165) is 13.0 Å². The van der Waals surface area contributed by atoms with Crippen LogP contribution in [0.15, 0.2) is 18.2 Å². The summed E-state index contributed by atoms with van der Waals surface area (Å²) in [7, 11) is 1.41. The van der Waals surface area contributed by atoms with Crippen molar-refractivity contribution >= 4 is 10.9 Å². The second-order valence-corrected chi connectivity index (χ2v) is 5.05. The molecule has 1 aliphatic heterocycles. The molecule has 0 aliphatic carbocycles. The standard InChI is InChI=1S/C14H17FN2O3/c1-19-14(18)13-11-3-2-10(15)6-12(11)17(16-13)7-9-4-5-20-8-9/h2-3,6,9,14,18H,4-5,7-8H2,1H3. The van der Waals surface area contributed by atoms with E-state index in [1.54, 1.807) is 10.7 Å². The van der Waals surface area contributed by atoms with E-state index >= 15 is 0 Å². The first kappa shape index (κ1) is 13.5. The zero-order chi connectivity index (χ0) is 14.1. The minimum absolute atomic E-state index is 0.320. The number of aliphatic hydroxyl groups excluding tert-OH is 1. The zero-order valence-electron chi connectivity index (χ0n) is 11.3. The summed E-state index contributed by atoms with van der Waals surface area (Å²) in [6, 6.07) is 4.42. The summed E-state index contributed by atoms with van der Waals surface area (Å²) in [5.74, 6) is 0.0497. The van der Waals surface area contributed by atoms with Crippen LogP contribution < -0.4 is 0 Å². The first-order valence-electron chi connectivity index (χ1n) is 6.63. The highest BCUT2D eigenvalue weighted by molar-refractivity contribution is 5.82. The van der Waals surface area contributed by atoms with Crippen LogP contribution in [0, 0.1) is 11.7 Å². The van der Waals surface area contributed by atoms with E-state index in [4.69, 9.17) is 9.47 Å². The Bertz CT molecular complexity index is 608. The molecule has 0 radical (unpaired) electrons. The molecule has 1 aromatic carbocycles. The molecule has 3 rings (SSSR count). The van der Waals surface area contributed by atoms with E-state index in [9.17, 15) is 9.50 Å². The second kappa shape index (κ2) is 5.47. The minimum atomic E-state index is -1.11. The highest BCUT2D eigenvalue weighted by Gasteiger charge is 2.21. The summed E-state index contributed by atoms with van der Waals surface area (Å²) in [4.78, 5) is 0. The van der Waals surface area contributed by atoms with E-state index in [1.165, 1.54) is 19.2 Å². The fourth-order valence-electron chi connectivity index (χ4n) is 2.58. The molecule has 1 N–H and O–H groups in total. The van der Waals surface area contributed by atoms with Gasteiger partial charge < -0.3 is 14.6 Å². The number of fused-ring (bicyclic) bond motifs is 1. The predicted molar refractivity (Wildman–Crippen MR) is 70.6 cm³/mol. The number of benzene rings is 1. The maximum absolute atomic E-state index is 13.5. The van der Waals surface area contributed by atoms with Crippen molar-refractivity contribution in [3.05, 3.63) is 29.7 Å². The van der Waals surface area contributed by atoms with Crippen molar-refractivity contribution in [3.63, 3.8) is 0 Å². The van der Waals surface area contributed by atoms with Crippen LogP contribution >= 0.6 is 0 Å². The van der Waals surface area contributed by atoms with Crippen LogP contribution in [0.2, 0.25) is 0 Å². The van der Waals surface area contributed by atoms with Gasteiger partial charge in [0.25, 0.3) is 0 Å². The van der Waals surface area contributed by atoms with E-state index in [2.05, 4.69) is 5.10 Å². The molecule has 5 nitrogen and oxygen atoms in total. The summed E-state index contributed by atoms with van der Waals surface area (Å²) in [6.45, 7) is 2.10. The molecule has 0 saturated carbocycles. The average Bonchev–Trinajstić information content (AvgIpc) is 3.07. The van der Waals surface area contributed by atoms with Crippen LogP contribution in [-0.4, -0.2) is 35.2 Å². The molecule has 0 bridgehead atoms. The minimum Gasteiger partial charge on any atom is -0.381 e. The Balaban J connectivity index is 2.03. The number of rotatable bonds is 4. The van der Waals surface area contributed by atoms with Crippen molar-refractivity contribution in [2.75, 3.05) is 20.3 Å². The van der Waals surface area contributed by atoms with Gasteiger partial charge in [-0.05, 0) is 24.6 Å². The van der Waals surface area contributed by atoms with Crippen LogP contribution in [-0.2, 0) is 16.0 Å². The molecular weight excluding hydrogens is 263 g/mol. The third kappa shape index (κ3) is 2.42. The summed E-state index contributed by atoms with van der Waals surface area (Å²) in [5.41, 5.74) is 1.09. The largest absolute Gasteiger partial charge is 0.381 e. The van der Waals surface area contributed by atoms with Gasteiger partial charge in [-0.25, -0.2) is 4.39 Å². The lowest BCUT2D eigenvalue weighted by molar-refractivity contribution is -0.0792. The highest BCUT2D eigenvalue weighted by Crippen LogP contribution is 2.26. The third-order valence-corrected chi connectivity index (χ3v) is 3.65. The monoisotopic (exact) mass is 280 g/mol. The third-order valence-electron chi connectivity index (χ3n) is 3.65. The Kier molecular flexibility index (Phi) is 3.69. The van der Waals surface area contributed by atoms with Crippen molar-refractivity contribution in [2.24, 2.45) is 5.92 Å². The van der Waals surface area contributed by atoms with Crippen molar-refractivity contribution in [1.29, 1.82) is 0 Å². The number of ether oxygens (including phenoxy) is 2. The van der Waals surface area contributed by atoms with Crippen LogP contribution in [0.5, 0.6) is 0 Å². The van der Waals surface area contributed by atoms with Crippen LogP contribution in [0.25, 0.3) is 10.9 Å². The van der Waals surface area contributed by atoms with Gasteiger partial charge in [0.2, 0.25) is 6.29 Å². The lowest BCUT2D eigenvalue weighted by Crippen LogP contribution is -2.12. The molecule has 20 heavy (non-hydrogen) atoms. The quantitative estimate of drug-likeness (QED) is 0.868. The molecule has 1 fully saturated rings. The predicted octanol–water partition coefficient (Wildman–Crippen LogP) is 1.85. The van der Waals surface area contributed by atoms with Gasteiger partial charge in [-0.1, -0.05) is 0 Å². The molecule has 6 heteroatoms. The Morgan fingerprint density at radius 3 is 3.15 bits per heavy atom. The molecule has 1 aromatic heterocycles. The van der Waals surface area contributed by atoms with E-state index in [-0.39, 0.29) is 5.82 Å². The zero-order valence-corrected chi connectivity index (χ0v) is 11.3. The fraction of sp³-hybridized carbons (Fsp3) is 0.500. The van der Waals surface area contributed by atoms with Gasteiger partial charge in [0.15, 0.2) is 0 Å². The van der Waals surface area contributed by atoms with E-state index in [1.807, 2.05) is 0 Å². The van der Waals surface area contributed by atoms with Gasteiger partial charge in [-0.3, -0.25) is 4.68 Å². The molecule has 108 valence electrons. The number of aliphatic hydroxyl groups is 1. The van der Waals surface area contributed by atoms with Gasteiger partial charge in [0.1, 0.15) is 11.5 Å². The molecule has 0 amide bonds. The summed E-state index contributed by atoms with van der Waals surface area (Å²) in [6.07, 6.45) is -0.136. The van der Waals surface area contributed by atoms with Crippen molar-refractivity contribution in [1.82, 2.24) is 9.78 Å². The number of halogens is 1. The number of hydrogen-bond donors (Lipinski definition) is 1. The molecule has 2 unspecified atom stereocenters. The van der Waals surface area contributed by atoms with E-state index < -0.39 is 6.29 Å². The van der Waals surface area contributed by atoms with Gasteiger partial charge in [-0.15, -0.1) is 0 Å². The number of aromatic nitrogens is 2. The Hall–Kier alpha value is -1.50. The molecule has 2 aromatic rings. The smallest absolute Gasteiger partial charge is 0.200 e. The molecular formula is C14H17FN2O3. The first-order valence-corrected chi connectivity index (χ1v) is 6.63. The average molecular weight is 280 g/mol. The fourth-order valence-corrected chi connectivity index (χ4v) is 2.58. The van der Waals surface area contributed by atoms with E-state index in [0.29, 0.717) is 35.7 Å². The Labute approximate surface area is 115 Å². The molecule has 2 heterocycles. The Morgan fingerprint density at radius 1 is 1.60 bits per heavy atom. The maximum atomic E-state index is 13.5. The van der Waals surface area contributed by atoms with Gasteiger partial charge in [-0.2, -0.15) is 5.10 Å². The molecule has 1 aliphatic rings. The first-order chi connectivity index (χ1) is 9.69. The molecule has 0 spiro atoms. The second-order valence-electron chi connectivity index (χ2n) is 5.05. The van der Waals surface area contributed by atoms with Gasteiger partial charge >= 0.3 is 0 Å². The lowest BCUT2D eigenvalue weighted by atomic mass is 10.1. The van der Waals surface area contributed by atoms with Crippen LogP contribution in [0.4, 0.5) is 4.39 Å².